The van der Waals surface area contributed by atoms with Crippen LogP contribution in [-0.4, -0.2) is 11.1 Å². The summed E-state index contributed by atoms with van der Waals surface area (Å²) < 4.78 is 0. The summed E-state index contributed by atoms with van der Waals surface area (Å²) in [6, 6.07) is 1.94. The zero-order chi connectivity index (χ0) is 9.19. The summed E-state index contributed by atoms with van der Waals surface area (Å²) in [4.78, 5) is 10.8. The maximum Gasteiger partial charge on any atom is 0.324 e. The largest absolute Gasteiger partial charge is 0.480 e. The molecule has 66 valence electrons. The Morgan fingerprint density at radius 1 is 1.58 bits per heavy atom. The van der Waals surface area contributed by atoms with E-state index in [1.807, 2.05) is 6.07 Å². The molecule has 0 aliphatic heterocycles. The summed E-state index contributed by atoms with van der Waals surface area (Å²) in [5, 5.41) is 17.6. The first-order chi connectivity index (χ1) is 5.60. The Kier molecular flexibility index (Phi) is 2.37. The third kappa shape index (κ3) is 1.42. The molecule has 1 saturated carbocycles. The Labute approximate surface area is 72.0 Å². The SMILES string of the molecule is CC1CCC(C#N)(C(=O)O)CC1. The Morgan fingerprint density at radius 2 is 2.08 bits per heavy atom. The number of carbonyl (C=O) groups is 1. The van der Waals surface area contributed by atoms with E-state index in [9.17, 15) is 4.79 Å². The fourth-order valence-electron chi connectivity index (χ4n) is 1.63. The highest BCUT2D eigenvalue weighted by molar-refractivity contribution is 5.78. The first-order valence-electron chi connectivity index (χ1n) is 4.25. The summed E-state index contributed by atoms with van der Waals surface area (Å²) in [5.74, 6) is -0.372. The van der Waals surface area contributed by atoms with Crippen molar-refractivity contribution in [3.63, 3.8) is 0 Å². The molecule has 3 heteroatoms. The summed E-state index contributed by atoms with van der Waals surface area (Å²) in [5.41, 5.74) is -1.08. The lowest BCUT2D eigenvalue weighted by atomic mass is 9.72. The number of hydrogen-bond acceptors (Lipinski definition) is 2. The van der Waals surface area contributed by atoms with Crippen LogP contribution in [0.3, 0.4) is 0 Å². The van der Waals surface area contributed by atoms with Gasteiger partial charge < -0.3 is 5.11 Å². The van der Waals surface area contributed by atoms with Crippen LogP contribution in [0.25, 0.3) is 0 Å². The van der Waals surface area contributed by atoms with E-state index in [-0.39, 0.29) is 0 Å². The molecule has 0 aromatic heterocycles. The van der Waals surface area contributed by atoms with Crippen molar-refractivity contribution in [2.45, 2.75) is 32.6 Å². The monoisotopic (exact) mass is 167 g/mol. The summed E-state index contributed by atoms with van der Waals surface area (Å²) >= 11 is 0. The Morgan fingerprint density at radius 3 is 2.42 bits per heavy atom. The zero-order valence-corrected chi connectivity index (χ0v) is 7.21. The third-order valence-corrected chi connectivity index (χ3v) is 2.75. The van der Waals surface area contributed by atoms with Gasteiger partial charge in [-0.15, -0.1) is 0 Å². The Hall–Kier alpha value is -1.04. The lowest BCUT2D eigenvalue weighted by Gasteiger charge is -2.29. The minimum absolute atomic E-state index is 0.514. The van der Waals surface area contributed by atoms with E-state index < -0.39 is 11.4 Å². The van der Waals surface area contributed by atoms with Crippen LogP contribution in [0.15, 0.2) is 0 Å². The molecule has 0 aromatic carbocycles. The lowest BCUT2D eigenvalue weighted by molar-refractivity contribution is -0.147. The van der Waals surface area contributed by atoms with Crippen molar-refractivity contribution < 1.29 is 9.90 Å². The first kappa shape index (κ1) is 9.05. The molecule has 0 radical (unpaired) electrons. The fraction of sp³-hybridized carbons (Fsp3) is 0.778. The van der Waals surface area contributed by atoms with Gasteiger partial charge in [-0.2, -0.15) is 5.26 Å². The van der Waals surface area contributed by atoms with Gasteiger partial charge in [-0.1, -0.05) is 6.92 Å². The minimum Gasteiger partial charge on any atom is -0.480 e. The molecule has 0 spiro atoms. The Bertz CT molecular complexity index is 221. The molecule has 0 bridgehead atoms. The molecule has 1 fully saturated rings. The first-order valence-corrected chi connectivity index (χ1v) is 4.25. The molecule has 3 nitrogen and oxygen atoms in total. The lowest BCUT2D eigenvalue weighted by Crippen LogP contribution is -2.33. The number of carboxylic acid groups (broad SMARTS) is 1. The van der Waals surface area contributed by atoms with Crippen molar-refractivity contribution >= 4 is 5.97 Å². The van der Waals surface area contributed by atoms with Gasteiger partial charge in [-0.05, 0) is 31.6 Å². The fourth-order valence-corrected chi connectivity index (χ4v) is 1.63. The predicted octanol–water partition coefficient (Wildman–Crippen LogP) is 1.79. The molecule has 1 rings (SSSR count). The third-order valence-electron chi connectivity index (χ3n) is 2.75. The summed E-state index contributed by atoms with van der Waals surface area (Å²) in [6.45, 7) is 2.10. The summed E-state index contributed by atoms with van der Waals surface area (Å²) in [7, 11) is 0. The molecule has 1 aliphatic rings. The van der Waals surface area contributed by atoms with E-state index in [0.717, 1.165) is 12.8 Å². The van der Waals surface area contributed by atoms with Gasteiger partial charge in [0.15, 0.2) is 5.41 Å². The van der Waals surface area contributed by atoms with E-state index in [0.29, 0.717) is 18.8 Å². The van der Waals surface area contributed by atoms with E-state index in [2.05, 4.69) is 6.92 Å². The molecule has 0 unspecified atom stereocenters. The van der Waals surface area contributed by atoms with Crippen molar-refractivity contribution in [2.24, 2.45) is 11.3 Å². The maximum absolute atomic E-state index is 10.8. The van der Waals surface area contributed by atoms with Crippen LogP contribution in [0.1, 0.15) is 32.6 Å². The number of rotatable bonds is 1. The van der Waals surface area contributed by atoms with E-state index in [1.165, 1.54) is 0 Å². The van der Waals surface area contributed by atoms with Crippen LogP contribution in [0.2, 0.25) is 0 Å². The second kappa shape index (κ2) is 3.14. The number of nitrogens with zero attached hydrogens (tertiary/aromatic N) is 1. The number of carboxylic acids is 1. The average molecular weight is 167 g/mol. The van der Waals surface area contributed by atoms with Gasteiger partial charge >= 0.3 is 5.97 Å². The highest BCUT2D eigenvalue weighted by Gasteiger charge is 2.41. The Balaban J connectivity index is 2.72. The predicted molar refractivity (Wildman–Crippen MR) is 43.3 cm³/mol. The van der Waals surface area contributed by atoms with Gasteiger partial charge in [0.2, 0.25) is 0 Å². The van der Waals surface area contributed by atoms with Gasteiger partial charge in [-0.25, -0.2) is 0 Å². The van der Waals surface area contributed by atoms with Crippen molar-refractivity contribution in [3.05, 3.63) is 0 Å². The smallest absolute Gasteiger partial charge is 0.324 e. The highest BCUT2D eigenvalue weighted by Crippen LogP contribution is 2.38. The zero-order valence-electron chi connectivity index (χ0n) is 7.21. The van der Waals surface area contributed by atoms with Crippen molar-refractivity contribution in [2.75, 3.05) is 0 Å². The number of aliphatic carboxylic acids is 1. The number of hydrogen-bond donors (Lipinski definition) is 1. The molecule has 0 saturated heterocycles. The van der Waals surface area contributed by atoms with Crippen LogP contribution in [0, 0.1) is 22.7 Å². The van der Waals surface area contributed by atoms with E-state index in [4.69, 9.17) is 10.4 Å². The average Bonchev–Trinajstić information content (AvgIpc) is 2.06. The van der Waals surface area contributed by atoms with Gasteiger partial charge in [0.05, 0.1) is 6.07 Å². The van der Waals surface area contributed by atoms with Crippen LogP contribution < -0.4 is 0 Å². The highest BCUT2D eigenvalue weighted by atomic mass is 16.4. The standard InChI is InChI=1S/C9H13NO2/c1-7-2-4-9(6-10,5-3-7)8(11)12/h7H,2-5H2,1H3,(H,11,12). The normalized spacial score (nSPS) is 35.5. The number of nitriles is 1. The van der Waals surface area contributed by atoms with Gasteiger partial charge in [0, 0.05) is 0 Å². The van der Waals surface area contributed by atoms with Gasteiger partial charge in [0.25, 0.3) is 0 Å². The second-order valence-electron chi connectivity index (χ2n) is 3.68. The molecule has 12 heavy (non-hydrogen) atoms. The van der Waals surface area contributed by atoms with Crippen LogP contribution in [0.4, 0.5) is 0 Å². The topological polar surface area (TPSA) is 61.1 Å². The molecule has 0 amide bonds. The quantitative estimate of drug-likeness (QED) is 0.647. The van der Waals surface area contributed by atoms with Crippen LogP contribution >= 0.6 is 0 Å². The molecule has 0 heterocycles. The molecule has 0 atom stereocenters. The molecule has 1 aliphatic carbocycles. The maximum atomic E-state index is 10.8. The van der Waals surface area contributed by atoms with Crippen LogP contribution in [-0.2, 0) is 4.79 Å². The molecule has 0 aromatic rings. The van der Waals surface area contributed by atoms with Crippen molar-refractivity contribution in [3.8, 4) is 6.07 Å². The molecule has 1 N–H and O–H groups in total. The molecular formula is C9H13NO2. The van der Waals surface area contributed by atoms with Gasteiger partial charge in [-0.3, -0.25) is 4.79 Å². The molecular weight excluding hydrogens is 154 g/mol. The summed E-state index contributed by atoms with van der Waals surface area (Å²) in [6.07, 6.45) is 2.75. The van der Waals surface area contributed by atoms with E-state index >= 15 is 0 Å². The van der Waals surface area contributed by atoms with E-state index in [1.54, 1.807) is 0 Å². The van der Waals surface area contributed by atoms with Gasteiger partial charge in [0.1, 0.15) is 0 Å². The van der Waals surface area contributed by atoms with Crippen LogP contribution in [0.5, 0.6) is 0 Å². The minimum atomic E-state index is -1.08. The second-order valence-corrected chi connectivity index (χ2v) is 3.68. The van der Waals surface area contributed by atoms with Crippen molar-refractivity contribution in [1.82, 2.24) is 0 Å². The van der Waals surface area contributed by atoms with Crippen molar-refractivity contribution in [1.29, 1.82) is 5.26 Å².